The molecule has 0 spiro atoms. The number of carbonyl (C=O) groups is 1. The number of amides is 1. The van der Waals surface area contributed by atoms with Crippen LogP contribution in [0.25, 0.3) is 0 Å². The van der Waals surface area contributed by atoms with Gasteiger partial charge in [-0.2, -0.15) is 4.31 Å². The maximum Gasteiger partial charge on any atom is 0.279 e. The molecule has 1 unspecified atom stereocenters. The summed E-state index contributed by atoms with van der Waals surface area (Å²) in [6, 6.07) is 15.1. The third kappa shape index (κ3) is 5.65. The van der Waals surface area contributed by atoms with Gasteiger partial charge < -0.3 is 10.2 Å². The van der Waals surface area contributed by atoms with Crippen LogP contribution in [0.5, 0.6) is 0 Å². The SMILES string of the molecule is Cc1ccc(NC(=O)C[NH+](C)Cc2ccccc2)cc1S(=O)(=O)N1CCCCC1. The second-order valence-corrected chi connectivity index (χ2v) is 9.70. The molecule has 156 valence electrons. The Balaban J connectivity index is 1.66. The number of sulfonamides is 1. The minimum Gasteiger partial charge on any atom is -0.326 e. The monoisotopic (exact) mass is 416 g/mol. The molecule has 1 heterocycles. The van der Waals surface area contributed by atoms with Crippen molar-refractivity contribution in [2.75, 3.05) is 32.0 Å². The molecule has 1 saturated heterocycles. The Labute approximate surface area is 173 Å². The smallest absolute Gasteiger partial charge is 0.279 e. The van der Waals surface area contributed by atoms with Crippen molar-refractivity contribution in [3.8, 4) is 0 Å². The van der Waals surface area contributed by atoms with Gasteiger partial charge in [-0.25, -0.2) is 8.42 Å². The van der Waals surface area contributed by atoms with Crippen molar-refractivity contribution in [1.29, 1.82) is 0 Å². The molecule has 2 aromatic carbocycles. The highest BCUT2D eigenvalue weighted by atomic mass is 32.2. The summed E-state index contributed by atoms with van der Waals surface area (Å²) < 4.78 is 27.6. The standard InChI is InChI=1S/C22H29N3O3S/c1-18-11-12-20(15-21(18)29(27,28)25-13-7-4-8-14-25)23-22(26)17-24(2)16-19-9-5-3-6-10-19/h3,5-6,9-12,15H,4,7-8,13-14,16-17H2,1-2H3,(H,23,26)/p+1. The van der Waals surface area contributed by atoms with Crippen LogP contribution in [0.15, 0.2) is 53.4 Å². The lowest BCUT2D eigenvalue weighted by molar-refractivity contribution is -0.885. The summed E-state index contributed by atoms with van der Waals surface area (Å²) in [4.78, 5) is 13.8. The molecule has 29 heavy (non-hydrogen) atoms. The lowest BCUT2D eigenvalue weighted by atomic mass is 10.2. The molecule has 0 bridgehead atoms. The lowest BCUT2D eigenvalue weighted by Crippen LogP contribution is -3.08. The largest absolute Gasteiger partial charge is 0.326 e. The van der Waals surface area contributed by atoms with Crippen molar-refractivity contribution in [2.45, 2.75) is 37.6 Å². The van der Waals surface area contributed by atoms with Gasteiger partial charge in [-0.1, -0.05) is 42.8 Å². The van der Waals surface area contributed by atoms with Crippen LogP contribution in [-0.2, 0) is 21.4 Å². The van der Waals surface area contributed by atoms with Gasteiger partial charge in [0.15, 0.2) is 6.54 Å². The van der Waals surface area contributed by atoms with E-state index in [4.69, 9.17) is 0 Å². The minimum absolute atomic E-state index is 0.136. The Hall–Kier alpha value is -2.22. The third-order valence-electron chi connectivity index (χ3n) is 5.22. The highest BCUT2D eigenvalue weighted by Crippen LogP contribution is 2.25. The van der Waals surface area contributed by atoms with E-state index in [-0.39, 0.29) is 10.8 Å². The predicted molar refractivity (Wildman–Crippen MR) is 114 cm³/mol. The van der Waals surface area contributed by atoms with Gasteiger partial charge in [0.25, 0.3) is 5.91 Å². The predicted octanol–water partition coefficient (Wildman–Crippen LogP) is 1.82. The average Bonchev–Trinajstić information content (AvgIpc) is 2.70. The zero-order valence-corrected chi connectivity index (χ0v) is 18.0. The summed E-state index contributed by atoms with van der Waals surface area (Å²) in [6.45, 7) is 3.96. The Kier molecular flexibility index (Phi) is 7.05. The molecular weight excluding hydrogens is 386 g/mol. The number of likely N-dealkylation sites (N-methyl/N-ethyl adjacent to an activating group) is 1. The highest BCUT2D eigenvalue weighted by molar-refractivity contribution is 7.89. The Morgan fingerprint density at radius 2 is 1.76 bits per heavy atom. The van der Waals surface area contributed by atoms with Crippen molar-refractivity contribution in [1.82, 2.24) is 4.31 Å². The number of nitrogens with zero attached hydrogens (tertiary/aromatic N) is 1. The number of aryl methyl sites for hydroxylation is 1. The van der Waals surface area contributed by atoms with Crippen molar-refractivity contribution in [2.24, 2.45) is 0 Å². The molecule has 1 aliphatic heterocycles. The van der Waals surface area contributed by atoms with E-state index in [1.54, 1.807) is 29.4 Å². The quantitative estimate of drug-likeness (QED) is 0.723. The summed E-state index contributed by atoms with van der Waals surface area (Å²) in [5.74, 6) is -0.136. The van der Waals surface area contributed by atoms with Crippen molar-refractivity contribution >= 4 is 21.6 Å². The fourth-order valence-electron chi connectivity index (χ4n) is 3.69. The number of anilines is 1. The number of piperidine rings is 1. The van der Waals surface area contributed by atoms with Gasteiger partial charge >= 0.3 is 0 Å². The fourth-order valence-corrected chi connectivity index (χ4v) is 5.45. The van der Waals surface area contributed by atoms with Crippen LogP contribution in [0, 0.1) is 6.92 Å². The number of quaternary nitrogens is 1. The Bertz CT molecular complexity index is 939. The van der Waals surface area contributed by atoms with Crippen LogP contribution in [0.1, 0.15) is 30.4 Å². The molecule has 0 aromatic heterocycles. The van der Waals surface area contributed by atoms with Crippen LogP contribution >= 0.6 is 0 Å². The first kappa shape index (κ1) is 21.5. The normalized spacial score (nSPS) is 16.3. The molecule has 2 N–H and O–H groups in total. The lowest BCUT2D eigenvalue weighted by Gasteiger charge is -2.26. The molecule has 0 aliphatic carbocycles. The first-order valence-corrected chi connectivity index (χ1v) is 11.6. The van der Waals surface area contributed by atoms with E-state index < -0.39 is 10.0 Å². The number of hydrogen-bond donors (Lipinski definition) is 2. The van der Waals surface area contributed by atoms with Gasteiger partial charge in [-0.3, -0.25) is 4.79 Å². The zero-order valence-electron chi connectivity index (χ0n) is 17.1. The van der Waals surface area contributed by atoms with E-state index in [0.29, 0.717) is 30.9 Å². The second-order valence-electron chi connectivity index (χ2n) is 7.79. The second kappa shape index (κ2) is 9.52. The molecule has 1 atom stereocenters. The molecular formula is C22H30N3O3S+. The molecule has 1 amide bonds. The average molecular weight is 417 g/mol. The van der Waals surface area contributed by atoms with Gasteiger partial charge in [-0.05, 0) is 37.5 Å². The van der Waals surface area contributed by atoms with E-state index in [1.165, 1.54) is 5.56 Å². The van der Waals surface area contributed by atoms with Crippen LogP contribution < -0.4 is 10.2 Å². The molecule has 1 aliphatic rings. The summed E-state index contributed by atoms with van der Waals surface area (Å²) in [7, 11) is -1.57. The van der Waals surface area contributed by atoms with Crippen LogP contribution in [0.3, 0.4) is 0 Å². The maximum absolute atomic E-state index is 13.0. The maximum atomic E-state index is 13.0. The number of benzene rings is 2. The van der Waals surface area contributed by atoms with Crippen molar-refractivity contribution in [3.05, 3.63) is 59.7 Å². The van der Waals surface area contributed by atoms with E-state index in [1.807, 2.05) is 37.4 Å². The highest BCUT2D eigenvalue weighted by Gasteiger charge is 2.27. The Morgan fingerprint density at radius 1 is 1.07 bits per heavy atom. The van der Waals surface area contributed by atoms with E-state index >= 15 is 0 Å². The molecule has 6 nitrogen and oxygen atoms in total. The Morgan fingerprint density at radius 3 is 2.45 bits per heavy atom. The molecule has 1 fully saturated rings. The first-order valence-electron chi connectivity index (χ1n) is 10.1. The molecule has 3 rings (SSSR count). The van der Waals surface area contributed by atoms with E-state index in [9.17, 15) is 13.2 Å². The third-order valence-corrected chi connectivity index (χ3v) is 7.26. The number of rotatable bonds is 7. The van der Waals surface area contributed by atoms with Gasteiger partial charge in [0.05, 0.1) is 11.9 Å². The van der Waals surface area contributed by atoms with Crippen LogP contribution in [0.2, 0.25) is 0 Å². The number of hydrogen-bond acceptors (Lipinski definition) is 3. The van der Waals surface area contributed by atoms with Gasteiger partial charge in [0.2, 0.25) is 10.0 Å². The van der Waals surface area contributed by atoms with E-state index in [2.05, 4.69) is 5.32 Å². The van der Waals surface area contributed by atoms with Crippen LogP contribution in [0.4, 0.5) is 5.69 Å². The van der Waals surface area contributed by atoms with Crippen molar-refractivity contribution in [3.63, 3.8) is 0 Å². The van der Waals surface area contributed by atoms with Crippen LogP contribution in [-0.4, -0.2) is 45.3 Å². The van der Waals surface area contributed by atoms with E-state index in [0.717, 1.165) is 30.7 Å². The van der Waals surface area contributed by atoms with Gasteiger partial charge in [0.1, 0.15) is 6.54 Å². The molecule has 2 aromatic rings. The number of nitrogens with one attached hydrogen (secondary N) is 2. The summed E-state index contributed by atoms with van der Waals surface area (Å²) in [6.07, 6.45) is 2.86. The van der Waals surface area contributed by atoms with Gasteiger partial charge in [0, 0.05) is 24.3 Å². The summed E-state index contributed by atoms with van der Waals surface area (Å²) >= 11 is 0. The first-order chi connectivity index (χ1) is 13.9. The van der Waals surface area contributed by atoms with Crippen molar-refractivity contribution < 1.29 is 18.1 Å². The summed E-state index contributed by atoms with van der Waals surface area (Å²) in [5.41, 5.74) is 2.38. The molecule has 7 heteroatoms. The zero-order chi connectivity index (χ0) is 20.9. The fraction of sp³-hybridized carbons (Fsp3) is 0.409. The molecule has 0 radical (unpaired) electrons. The minimum atomic E-state index is -3.54. The number of carbonyl (C=O) groups excluding carboxylic acids is 1. The topological polar surface area (TPSA) is 70.9 Å². The molecule has 0 saturated carbocycles. The van der Waals surface area contributed by atoms with Gasteiger partial charge in [-0.15, -0.1) is 0 Å². The summed E-state index contributed by atoms with van der Waals surface area (Å²) in [5, 5.41) is 2.86.